The van der Waals surface area contributed by atoms with Crippen LogP contribution in [-0.2, 0) is 19.0 Å². The van der Waals surface area contributed by atoms with Crippen molar-refractivity contribution in [2.45, 2.75) is 36.8 Å². The minimum absolute atomic E-state index is 0.0145. The van der Waals surface area contributed by atoms with Crippen LogP contribution in [0.15, 0.2) is 30.3 Å². The molecule has 112 valence electrons. The fourth-order valence-corrected chi connectivity index (χ4v) is 2.81. The zero-order chi connectivity index (χ0) is 15.0. The molecule has 0 radical (unpaired) electrons. The van der Waals surface area contributed by atoms with Gasteiger partial charge in [0.2, 0.25) is 5.60 Å². The average molecular weight is 292 g/mol. The van der Waals surface area contributed by atoms with Crippen LogP contribution >= 0.6 is 0 Å². The van der Waals surface area contributed by atoms with Crippen molar-refractivity contribution in [2.24, 2.45) is 0 Å². The SMILES string of the molecule is COC(=O)[C@]1(OC(=O)c2ccccc2)C[C@@H](O)[C@H]2O[C@H]2C1. The van der Waals surface area contributed by atoms with E-state index in [1.165, 1.54) is 7.11 Å². The van der Waals surface area contributed by atoms with Gasteiger partial charge in [0, 0.05) is 12.8 Å². The maximum absolute atomic E-state index is 12.2. The normalized spacial score (nSPS) is 33.7. The molecule has 1 aliphatic carbocycles. The van der Waals surface area contributed by atoms with Crippen LogP contribution in [0.4, 0.5) is 0 Å². The highest BCUT2D eigenvalue weighted by molar-refractivity contribution is 5.92. The molecule has 2 fully saturated rings. The minimum atomic E-state index is -1.49. The first-order chi connectivity index (χ1) is 10.1. The number of esters is 2. The van der Waals surface area contributed by atoms with Crippen molar-refractivity contribution in [3.63, 3.8) is 0 Å². The smallest absolute Gasteiger partial charge is 0.350 e. The Kier molecular flexibility index (Phi) is 3.43. The molecule has 1 saturated heterocycles. The van der Waals surface area contributed by atoms with Gasteiger partial charge < -0.3 is 19.3 Å². The topological polar surface area (TPSA) is 85.4 Å². The summed E-state index contributed by atoms with van der Waals surface area (Å²) < 4.78 is 15.5. The van der Waals surface area contributed by atoms with Gasteiger partial charge in [0.25, 0.3) is 0 Å². The largest absolute Gasteiger partial charge is 0.466 e. The molecule has 1 heterocycles. The second-order valence-electron chi connectivity index (χ2n) is 5.36. The highest BCUT2D eigenvalue weighted by Crippen LogP contribution is 2.44. The fraction of sp³-hybridized carbons (Fsp3) is 0.467. The summed E-state index contributed by atoms with van der Waals surface area (Å²) in [4.78, 5) is 24.3. The predicted octanol–water partition coefficient (Wildman–Crippen LogP) is 0.677. The number of methoxy groups -OCH3 is 1. The summed E-state index contributed by atoms with van der Waals surface area (Å²) in [5.41, 5.74) is -1.15. The monoisotopic (exact) mass is 292 g/mol. The van der Waals surface area contributed by atoms with Crippen molar-refractivity contribution in [3.05, 3.63) is 35.9 Å². The molecule has 6 heteroatoms. The Morgan fingerprint density at radius 1 is 1.29 bits per heavy atom. The Morgan fingerprint density at radius 2 is 2.00 bits per heavy atom. The average Bonchev–Trinajstić information content (AvgIpc) is 3.27. The van der Waals surface area contributed by atoms with E-state index in [9.17, 15) is 14.7 Å². The van der Waals surface area contributed by atoms with Crippen molar-refractivity contribution in [1.29, 1.82) is 0 Å². The lowest BCUT2D eigenvalue weighted by Gasteiger charge is -2.34. The molecule has 3 rings (SSSR count). The van der Waals surface area contributed by atoms with E-state index in [1.807, 2.05) is 0 Å². The van der Waals surface area contributed by atoms with E-state index < -0.39 is 23.6 Å². The van der Waals surface area contributed by atoms with Gasteiger partial charge in [0.1, 0.15) is 6.10 Å². The highest BCUT2D eigenvalue weighted by atomic mass is 16.6. The highest BCUT2D eigenvalue weighted by Gasteiger charge is 2.61. The zero-order valence-electron chi connectivity index (χ0n) is 11.5. The maximum atomic E-state index is 12.2. The lowest BCUT2D eigenvalue weighted by Crippen LogP contribution is -2.51. The standard InChI is InChI=1S/C15H16O6/c1-19-14(18)15(7-10(16)12-11(8-15)20-12)21-13(17)9-5-3-2-4-6-9/h2-6,10-12,16H,7-8H2,1H3/t10-,11+,12-,15+/m1/s1. The van der Waals surface area contributed by atoms with E-state index in [0.29, 0.717) is 5.56 Å². The second-order valence-corrected chi connectivity index (χ2v) is 5.36. The van der Waals surface area contributed by atoms with Gasteiger partial charge in [-0.1, -0.05) is 18.2 Å². The van der Waals surface area contributed by atoms with Crippen LogP contribution in [-0.4, -0.2) is 48.1 Å². The molecule has 0 amide bonds. The summed E-state index contributed by atoms with van der Waals surface area (Å²) in [6.45, 7) is 0. The lowest BCUT2D eigenvalue weighted by molar-refractivity contribution is -0.169. The van der Waals surface area contributed by atoms with Gasteiger partial charge >= 0.3 is 11.9 Å². The van der Waals surface area contributed by atoms with Crippen molar-refractivity contribution in [3.8, 4) is 0 Å². The van der Waals surface area contributed by atoms with Crippen molar-refractivity contribution >= 4 is 11.9 Å². The van der Waals surface area contributed by atoms with E-state index in [0.717, 1.165) is 0 Å². The van der Waals surface area contributed by atoms with Crippen LogP contribution < -0.4 is 0 Å². The molecular formula is C15H16O6. The Morgan fingerprint density at radius 3 is 2.62 bits per heavy atom. The second kappa shape index (κ2) is 5.13. The third kappa shape index (κ3) is 2.52. The molecule has 1 aliphatic heterocycles. The van der Waals surface area contributed by atoms with E-state index in [2.05, 4.69) is 0 Å². The van der Waals surface area contributed by atoms with E-state index in [1.54, 1.807) is 30.3 Å². The number of carbonyl (C=O) groups excluding carboxylic acids is 2. The molecule has 1 aromatic carbocycles. The molecule has 1 saturated carbocycles. The van der Waals surface area contributed by atoms with Crippen LogP contribution in [0, 0.1) is 0 Å². The minimum Gasteiger partial charge on any atom is -0.466 e. The molecule has 0 aromatic heterocycles. The molecule has 6 nitrogen and oxygen atoms in total. The van der Waals surface area contributed by atoms with Crippen molar-refractivity contribution < 1.29 is 28.9 Å². The number of rotatable bonds is 3. The summed E-state index contributed by atoms with van der Waals surface area (Å²) in [6, 6.07) is 8.39. The van der Waals surface area contributed by atoms with Gasteiger partial charge in [-0.25, -0.2) is 9.59 Å². The zero-order valence-corrected chi connectivity index (χ0v) is 11.5. The Balaban J connectivity index is 1.83. The number of aliphatic hydroxyl groups is 1. The maximum Gasteiger partial charge on any atom is 0.350 e. The number of hydrogen-bond donors (Lipinski definition) is 1. The van der Waals surface area contributed by atoms with Gasteiger partial charge in [-0.3, -0.25) is 0 Å². The van der Waals surface area contributed by atoms with Crippen LogP contribution in [0.3, 0.4) is 0 Å². The number of aliphatic hydroxyl groups excluding tert-OH is 1. The number of fused-ring (bicyclic) bond motifs is 1. The number of hydrogen-bond acceptors (Lipinski definition) is 6. The molecule has 0 unspecified atom stereocenters. The first-order valence-electron chi connectivity index (χ1n) is 6.76. The van der Waals surface area contributed by atoms with Gasteiger partial charge in [-0.15, -0.1) is 0 Å². The van der Waals surface area contributed by atoms with Crippen molar-refractivity contribution in [2.75, 3.05) is 7.11 Å². The van der Waals surface area contributed by atoms with E-state index in [-0.39, 0.29) is 25.0 Å². The van der Waals surface area contributed by atoms with Gasteiger partial charge in [0.05, 0.1) is 24.9 Å². The molecule has 21 heavy (non-hydrogen) atoms. The van der Waals surface area contributed by atoms with Crippen LogP contribution in [0.1, 0.15) is 23.2 Å². The number of ether oxygens (including phenoxy) is 3. The molecule has 4 atom stereocenters. The molecule has 0 spiro atoms. The third-order valence-corrected chi connectivity index (χ3v) is 3.93. The quantitative estimate of drug-likeness (QED) is 0.651. The van der Waals surface area contributed by atoms with Crippen LogP contribution in [0.2, 0.25) is 0 Å². The summed E-state index contributed by atoms with van der Waals surface area (Å²) in [6.07, 6.45) is -1.18. The Hall–Kier alpha value is -1.92. The van der Waals surface area contributed by atoms with Gasteiger partial charge in [-0.2, -0.15) is 0 Å². The first kappa shape index (κ1) is 14.0. The summed E-state index contributed by atoms with van der Waals surface area (Å²) in [5.74, 6) is -1.29. The van der Waals surface area contributed by atoms with Gasteiger partial charge in [0.15, 0.2) is 0 Å². The predicted molar refractivity (Wildman–Crippen MR) is 70.5 cm³/mol. The van der Waals surface area contributed by atoms with Crippen LogP contribution in [0.25, 0.3) is 0 Å². The number of benzene rings is 1. The third-order valence-electron chi connectivity index (χ3n) is 3.93. The summed E-state index contributed by atoms with van der Waals surface area (Å²) >= 11 is 0. The van der Waals surface area contributed by atoms with E-state index >= 15 is 0 Å². The number of carbonyl (C=O) groups is 2. The summed E-state index contributed by atoms with van der Waals surface area (Å²) in [5, 5.41) is 9.96. The Bertz CT molecular complexity index is 557. The lowest BCUT2D eigenvalue weighted by atomic mass is 9.83. The van der Waals surface area contributed by atoms with Crippen molar-refractivity contribution in [1.82, 2.24) is 0 Å². The summed E-state index contributed by atoms with van der Waals surface area (Å²) in [7, 11) is 1.23. The molecule has 1 aromatic rings. The molecule has 2 aliphatic rings. The fourth-order valence-electron chi connectivity index (χ4n) is 2.81. The molecule has 0 bridgehead atoms. The Labute approximate surface area is 121 Å². The van der Waals surface area contributed by atoms with E-state index in [4.69, 9.17) is 14.2 Å². The van der Waals surface area contributed by atoms with Gasteiger partial charge in [-0.05, 0) is 12.1 Å². The number of epoxide rings is 1. The molecular weight excluding hydrogens is 276 g/mol. The first-order valence-corrected chi connectivity index (χ1v) is 6.76. The molecule has 1 N–H and O–H groups in total. The van der Waals surface area contributed by atoms with Crippen LogP contribution in [0.5, 0.6) is 0 Å².